The first-order chi connectivity index (χ1) is 12.7. The summed E-state index contributed by atoms with van der Waals surface area (Å²) < 4.78 is 10.9. The zero-order chi connectivity index (χ0) is 18.4. The highest BCUT2D eigenvalue weighted by molar-refractivity contribution is 5.83. The highest BCUT2D eigenvalue weighted by Crippen LogP contribution is 2.34. The first-order valence-corrected chi connectivity index (χ1v) is 9.01. The van der Waals surface area contributed by atoms with Crippen molar-refractivity contribution >= 4 is 5.97 Å². The molecule has 1 N–H and O–H groups in total. The summed E-state index contributed by atoms with van der Waals surface area (Å²) in [4.78, 5) is 16.9. The number of aromatic nitrogens is 3. The number of hydrogen-bond acceptors (Lipinski definition) is 7. The smallest absolute Gasteiger partial charge is 0.318 e. The van der Waals surface area contributed by atoms with E-state index in [0.29, 0.717) is 43.3 Å². The van der Waals surface area contributed by atoms with Gasteiger partial charge >= 0.3 is 5.97 Å². The van der Waals surface area contributed by atoms with Crippen molar-refractivity contribution in [3.8, 4) is 17.1 Å². The van der Waals surface area contributed by atoms with Crippen molar-refractivity contribution in [2.24, 2.45) is 0 Å². The molecule has 0 bridgehead atoms. The topological polar surface area (TPSA) is 86.2 Å². The van der Waals surface area contributed by atoms with Crippen LogP contribution in [0.4, 0.5) is 0 Å². The van der Waals surface area contributed by atoms with E-state index in [0.717, 1.165) is 18.7 Å². The van der Waals surface area contributed by atoms with Gasteiger partial charge in [-0.25, -0.2) is 4.98 Å². The molecule has 0 saturated carbocycles. The van der Waals surface area contributed by atoms with Crippen LogP contribution < -0.4 is 10.1 Å². The Bertz CT molecular complexity index is 743. The van der Waals surface area contributed by atoms with Crippen LogP contribution in [0, 0.1) is 0 Å². The van der Waals surface area contributed by atoms with Crippen LogP contribution in [0.15, 0.2) is 30.5 Å². The van der Waals surface area contributed by atoms with Crippen molar-refractivity contribution in [2.45, 2.75) is 32.1 Å². The normalized spacial score (nSPS) is 16.1. The predicted octanol–water partition coefficient (Wildman–Crippen LogP) is 2.12. The Morgan fingerprint density at radius 2 is 1.96 bits per heavy atom. The van der Waals surface area contributed by atoms with Crippen LogP contribution in [0.2, 0.25) is 0 Å². The molecule has 2 aromatic rings. The second-order valence-corrected chi connectivity index (χ2v) is 6.15. The van der Waals surface area contributed by atoms with Gasteiger partial charge in [0.15, 0.2) is 0 Å². The van der Waals surface area contributed by atoms with Crippen LogP contribution in [0.1, 0.15) is 32.4 Å². The largest absolute Gasteiger partial charge is 0.477 e. The Hall–Kier alpha value is -2.54. The van der Waals surface area contributed by atoms with Crippen LogP contribution in [0.5, 0.6) is 5.88 Å². The van der Waals surface area contributed by atoms with E-state index in [-0.39, 0.29) is 5.97 Å². The fourth-order valence-electron chi connectivity index (χ4n) is 3.26. The van der Waals surface area contributed by atoms with Crippen LogP contribution in [-0.2, 0) is 14.9 Å². The molecule has 1 aliphatic rings. The number of esters is 1. The lowest BCUT2D eigenvalue weighted by Crippen LogP contribution is -2.47. The molecule has 1 aliphatic heterocycles. The molecule has 0 amide bonds. The Morgan fingerprint density at radius 1 is 1.15 bits per heavy atom. The Labute approximate surface area is 153 Å². The third-order valence-corrected chi connectivity index (χ3v) is 4.61. The molecule has 0 aliphatic carbocycles. The summed E-state index contributed by atoms with van der Waals surface area (Å²) in [6, 6.07) is 7.46. The second kappa shape index (κ2) is 8.23. The lowest BCUT2D eigenvalue weighted by Gasteiger charge is -2.34. The minimum atomic E-state index is -0.732. The molecule has 0 spiro atoms. The molecular weight excluding hydrogens is 332 g/mol. The fraction of sp³-hybridized carbons (Fsp3) is 0.474. The first-order valence-electron chi connectivity index (χ1n) is 9.01. The Balaban J connectivity index is 1.94. The maximum Gasteiger partial charge on any atom is 0.318 e. The van der Waals surface area contributed by atoms with E-state index in [1.54, 1.807) is 6.20 Å². The summed E-state index contributed by atoms with van der Waals surface area (Å²) in [6.07, 6.45) is 2.98. The van der Waals surface area contributed by atoms with Crippen molar-refractivity contribution in [3.05, 3.63) is 36.2 Å². The van der Waals surface area contributed by atoms with Gasteiger partial charge in [0.05, 0.1) is 30.2 Å². The van der Waals surface area contributed by atoms with E-state index in [2.05, 4.69) is 20.5 Å². The lowest BCUT2D eigenvalue weighted by atomic mass is 9.76. The number of pyridine rings is 1. The molecule has 7 heteroatoms. The number of hydrogen-bond donors (Lipinski definition) is 1. The molecule has 1 saturated heterocycles. The minimum Gasteiger partial charge on any atom is -0.477 e. The van der Waals surface area contributed by atoms with Gasteiger partial charge in [-0.05, 0) is 64.0 Å². The highest BCUT2D eigenvalue weighted by atomic mass is 16.5. The molecule has 3 heterocycles. The van der Waals surface area contributed by atoms with Gasteiger partial charge in [-0.3, -0.25) is 4.79 Å². The molecule has 1 fully saturated rings. The molecule has 0 unspecified atom stereocenters. The standard InChI is InChI=1S/C19H24N4O3/c1-3-25-17-14(6-5-11-21-17)15-7-8-16(23-22-15)19(18(24)26-4-2)9-12-20-13-10-19/h5-8,11,20H,3-4,9-10,12-13H2,1-2H3. The number of piperidine rings is 1. The molecule has 3 rings (SSSR count). The van der Waals surface area contributed by atoms with Gasteiger partial charge in [-0.15, -0.1) is 0 Å². The lowest BCUT2D eigenvalue weighted by molar-refractivity contribution is -0.151. The summed E-state index contributed by atoms with van der Waals surface area (Å²) in [5.41, 5.74) is 1.37. The van der Waals surface area contributed by atoms with E-state index >= 15 is 0 Å². The van der Waals surface area contributed by atoms with E-state index in [1.807, 2.05) is 38.1 Å². The number of ether oxygens (including phenoxy) is 2. The zero-order valence-corrected chi connectivity index (χ0v) is 15.2. The van der Waals surface area contributed by atoms with Crippen molar-refractivity contribution in [1.82, 2.24) is 20.5 Å². The highest BCUT2D eigenvalue weighted by Gasteiger charge is 2.44. The monoisotopic (exact) mass is 356 g/mol. The average Bonchev–Trinajstić information content (AvgIpc) is 2.69. The van der Waals surface area contributed by atoms with E-state index < -0.39 is 5.41 Å². The summed E-state index contributed by atoms with van der Waals surface area (Å²) in [6.45, 7) is 6.10. The molecule has 138 valence electrons. The maximum atomic E-state index is 12.7. The first kappa shape index (κ1) is 18.3. The van der Waals surface area contributed by atoms with Crippen LogP contribution in [0.25, 0.3) is 11.3 Å². The summed E-state index contributed by atoms with van der Waals surface area (Å²) in [5, 5.41) is 12.0. The molecular formula is C19H24N4O3. The van der Waals surface area contributed by atoms with Crippen molar-refractivity contribution in [2.75, 3.05) is 26.3 Å². The molecule has 2 aromatic heterocycles. The number of carbonyl (C=O) groups excluding carboxylic acids is 1. The molecule has 26 heavy (non-hydrogen) atoms. The summed E-state index contributed by atoms with van der Waals surface area (Å²) in [5.74, 6) is 0.305. The third-order valence-electron chi connectivity index (χ3n) is 4.61. The summed E-state index contributed by atoms with van der Waals surface area (Å²) in [7, 11) is 0. The fourth-order valence-corrected chi connectivity index (χ4v) is 3.26. The van der Waals surface area contributed by atoms with Gasteiger partial charge in [-0.2, -0.15) is 10.2 Å². The number of nitrogens with zero attached hydrogens (tertiary/aromatic N) is 3. The predicted molar refractivity (Wildman–Crippen MR) is 96.8 cm³/mol. The SMILES string of the molecule is CCOC(=O)C1(c2ccc(-c3cccnc3OCC)nn2)CCNCC1. The third kappa shape index (κ3) is 3.53. The van der Waals surface area contributed by atoms with Crippen LogP contribution >= 0.6 is 0 Å². The number of rotatable bonds is 6. The van der Waals surface area contributed by atoms with E-state index in [1.165, 1.54) is 0 Å². The maximum absolute atomic E-state index is 12.7. The van der Waals surface area contributed by atoms with Crippen molar-refractivity contribution < 1.29 is 14.3 Å². The second-order valence-electron chi connectivity index (χ2n) is 6.15. The van der Waals surface area contributed by atoms with Gasteiger partial charge in [0.2, 0.25) is 5.88 Å². The Morgan fingerprint density at radius 3 is 2.62 bits per heavy atom. The van der Waals surface area contributed by atoms with Gasteiger partial charge in [0.25, 0.3) is 0 Å². The van der Waals surface area contributed by atoms with Gasteiger partial charge in [0.1, 0.15) is 5.41 Å². The van der Waals surface area contributed by atoms with E-state index in [9.17, 15) is 4.79 Å². The van der Waals surface area contributed by atoms with Crippen LogP contribution in [0.3, 0.4) is 0 Å². The van der Waals surface area contributed by atoms with Crippen molar-refractivity contribution in [1.29, 1.82) is 0 Å². The van der Waals surface area contributed by atoms with Gasteiger partial charge in [-0.1, -0.05) is 0 Å². The zero-order valence-electron chi connectivity index (χ0n) is 15.2. The number of carbonyl (C=O) groups is 1. The van der Waals surface area contributed by atoms with Gasteiger partial charge < -0.3 is 14.8 Å². The molecule has 7 nitrogen and oxygen atoms in total. The minimum absolute atomic E-state index is 0.222. The van der Waals surface area contributed by atoms with E-state index in [4.69, 9.17) is 9.47 Å². The molecule has 0 radical (unpaired) electrons. The molecule has 0 atom stereocenters. The molecule has 0 aromatic carbocycles. The van der Waals surface area contributed by atoms with Gasteiger partial charge in [0, 0.05) is 6.20 Å². The Kier molecular flexibility index (Phi) is 5.78. The quantitative estimate of drug-likeness (QED) is 0.793. The summed E-state index contributed by atoms with van der Waals surface area (Å²) >= 11 is 0. The van der Waals surface area contributed by atoms with Crippen molar-refractivity contribution in [3.63, 3.8) is 0 Å². The average molecular weight is 356 g/mol. The number of nitrogens with one attached hydrogen (secondary N) is 1. The van der Waals surface area contributed by atoms with Crippen LogP contribution in [-0.4, -0.2) is 47.5 Å².